The molecular formula is C42H37Cl2N3O2. The average Bonchev–Trinajstić information content (AvgIpc) is 3.68. The number of carbonyl (C=O) groups excluding carboxylic acids is 1. The van der Waals surface area contributed by atoms with E-state index >= 15 is 0 Å². The van der Waals surface area contributed by atoms with E-state index in [4.69, 9.17) is 27.9 Å². The van der Waals surface area contributed by atoms with E-state index < -0.39 is 0 Å². The van der Waals surface area contributed by atoms with Crippen molar-refractivity contribution in [3.63, 3.8) is 0 Å². The predicted molar refractivity (Wildman–Crippen MR) is 203 cm³/mol. The lowest BCUT2D eigenvalue weighted by atomic mass is 10.0. The number of carbonyl (C=O) groups is 1. The quantitative estimate of drug-likeness (QED) is 0.142. The summed E-state index contributed by atoms with van der Waals surface area (Å²) in [4.78, 5) is 19.8. The van der Waals surface area contributed by atoms with Crippen molar-refractivity contribution in [1.82, 2.24) is 9.47 Å². The van der Waals surface area contributed by atoms with Gasteiger partial charge in [0.25, 0.3) is 5.91 Å². The molecule has 0 saturated carbocycles. The number of ether oxygens (including phenoxy) is 1. The second-order valence-electron chi connectivity index (χ2n) is 13.2. The van der Waals surface area contributed by atoms with Crippen LogP contribution in [0.2, 0.25) is 10.0 Å². The molecule has 246 valence electrons. The van der Waals surface area contributed by atoms with E-state index in [1.807, 2.05) is 54.4 Å². The van der Waals surface area contributed by atoms with Crippen LogP contribution in [0.1, 0.15) is 48.0 Å². The number of hydrogen-bond donors (Lipinski definition) is 0. The molecule has 7 heteroatoms. The summed E-state index contributed by atoms with van der Waals surface area (Å²) in [6, 6.07) is 33.6. The van der Waals surface area contributed by atoms with Gasteiger partial charge < -0.3 is 14.2 Å². The Balaban J connectivity index is 0.993. The van der Waals surface area contributed by atoms with Crippen molar-refractivity contribution < 1.29 is 9.53 Å². The van der Waals surface area contributed by atoms with Crippen LogP contribution < -0.4 is 4.74 Å². The van der Waals surface area contributed by atoms with Crippen LogP contribution >= 0.6 is 23.2 Å². The minimum absolute atomic E-state index is 0.0807. The summed E-state index contributed by atoms with van der Waals surface area (Å²) in [5, 5.41) is 3.95. The minimum Gasteiger partial charge on any atom is -0.493 e. The molecule has 1 aromatic heterocycles. The second-order valence-corrected chi connectivity index (χ2v) is 14.0. The summed E-state index contributed by atoms with van der Waals surface area (Å²) in [6.45, 7) is 4.34. The van der Waals surface area contributed by atoms with Crippen molar-refractivity contribution in [2.45, 2.75) is 51.6 Å². The third-order valence-electron chi connectivity index (χ3n) is 9.97. The minimum atomic E-state index is 0.0807. The number of aliphatic imine (C=N–C) groups is 1. The van der Waals surface area contributed by atoms with E-state index in [9.17, 15) is 4.79 Å². The molecule has 0 aliphatic carbocycles. The van der Waals surface area contributed by atoms with Gasteiger partial charge >= 0.3 is 0 Å². The summed E-state index contributed by atoms with van der Waals surface area (Å²) in [5.74, 6) is 0.887. The van der Waals surface area contributed by atoms with Crippen molar-refractivity contribution in [2.75, 3.05) is 13.2 Å². The van der Waals surface area contributed by atoms with Gasteiger partial charge in [0, 0.05) is 57.2 Å². The summed E-state index contributed by atoms with van der Waals surface area (Å²) in [5.41, 5.74) is 9.44. The first-order valence-corrected chi connectivity index (χ1v) is 17.9. The van der Waals surface area contributed by atoms with Crippen LogP contribution in [0.25, 0.3) is 44.1 Å². The van der Waals surface area contributed by atoms with E-state index in [0.29, 0.717) is 17.9 Å². The standard InChI is InChI=1S/C42H37Cl2N3O2/c1-27-22-37-38(45-26-34-6-5-20-46(34)42(37)48)25-41(27)49-21-4-2-3-19-47-39-17-11-30(28-7-13-32(43)14-8-28)23-35(39)36-24-31(12-18-40(36)47)29-9-15-33(44)16-10-29/h7-18,22-26,34H,2-6,19-21H2,1H3/t34-/m0/s1. The van der Waals surface area contributed by atoms with E-state index in [0.717, 1.165) is 77.7 Å². The van der Waals surface area contributed by atoms with Crippen LogP contribution in [0.4, 0.5) is 5.69 Å². The molecule has 0 bridgehead atoms. The first-order valence-electron chi connectivity index (χ1n) is 17.1. The maximum atomic E-state index is 13.2. The number of amides is 1. The van der Waals surface area contributed by atoms with Gasteiger partial charge in [-0.25, -0.2) is 0 Å². The number of aryl methyl sites for hydroxylation is 2. The molecule has 2 aliphatic heterocycles. The van der Waals surface area contributed by atoms with Gasteiger partial charge in [-0.3, -0.25) is 9.79 Å². The molecule has 3 heterocycles. The van der Waals surface area contributed by atoms with Crippen LogP contribution in [0.5, 0.6) is 5.75 Å². The number of nitrogens with zero attached hydrogens (tertiary/aromatic N) is 3. The Morgan fingerprint density at radius 3 is 2.00 bits per heavy atom. The van der Waals surface area contributed by atoms with Gasteiger partial charge in [-0.05, 0) is 121 Å². The molecule has 0 N–H and O–H groups in total. The fraction of sp³-hybridized carbons (Fsp3) is 0.238. The van der Waals surface area contributed by atoms with Gasteiger partial charge in [0.2, 0.25) is 0 Å². The zero-order valence-electron chi connectivity index (χ0n) is 27.5. The zero-order valence-corrected chi connectivity index (χ0v) is 29.0. The van der Waals surface area contributed by atoms with Gasteiger partial charge in [-0.2, -0.15) is 0 Å². The van der Waals surface area contributed by atoms with E-state index in [1.54, 1.807) is 0 Å². The normalized spacial score (nSPS) is 15.5. The number of unbranched alkanes of at least 4 members (excludes halogenated alkanes) is 2. The highest BCUT2D eigenvalue weighted by Gasteiger charge is 2.32. The predicted octanol–water partition coefficient (Wildman–Crippen LogP) is 11.3. The van der Waals surface area contributed by atoms with Gasteiger partial charge in [-0.15, -0.1) is 0 Å². The number of halogens is 2. The number of fused-ring (bicyclic) bond motifs is 5. The smallest absolute Gasteiger partial charge is 0.256 e. The van der Waals surface area contributed by atoms with E-state index in [-0.39, 0.29) is 11.9 Å². The highest BCUT2D eigenvalue weighted by Crippen LogP contribution is 2.37. The van der Waals surface area contributed by atoms with E-state index in [1.165, 1.54) is 32.9 Å². The topological polar surface area (TPSA) is 46.8 Å². The molecular weight excluding hydrogens is 649 g/mol. The van der Waals surface area contributed by atoms with Crippen LogP contribution in [-0.2, 0) is 6.54 Å². The lowest BCUT2D eigenvalue weighted by Gasteiger charge is -2.20. The summed E-state index contributed by atoms with van der Waals surface area (Å²) in [6.07, 6.45) is 6.94. The molecule has 5 aromatic carbocycles. The maximum Gasteiger partial charge on any atom is 0.256 e. The summed E-state index contributed by atoms with van der Waals surface area (Å²) in [7, 11) is 0. The molecule has 6 aromatic rings. The van der Waals surface area contributed by atoms with Gasteiger partial charge in [0.1, 0.15) is 5.75 Å². The molecule has 1 amide bonds. The van der Waals surface area contributed by atoms with Gasteiger partial charge in [0.15, 0.2) is 0 Å². The lowest BCUT2D eigenvalue weighted by Crippen LogP contribution is -2.35. The van der Waals surface area contributed by atoms with Crippen molar-refractivity contribution in [1.29, 1.82) is 0 Å². The average molecular weight is 687 g/mol. The molecule has 2 aliphatic rings. The van der Waals surface area contributed by atoms with Crippen LogP contribution in [0.3, 0.4) is 0 Å². The third kappa shape index (κ3) is 6.22. The Hall–Kier alpha value is -4.58. The molecule has 49 heavy (non-hydrogen) atoms. The number of hydrogen-bond acceptors (Lipinski definition) is 3. The lowest BCUT2D eigenvalue weighted by molar-refractivity contribution is 0.0774. The van der Waals surface area contributed by atoms with Gasteiger partial charge in [0.05, 0.1) is 23.9 Å². The summed E-state index contributed by atoms with van der Waals surface area (Å²) < 4.78 is 8.71. The monoisotopic (exact) mass is 685 g/mol. The first kappa shape index (κ1) is 31.7. The molecule has 1 atom stereocenters. The Bertz CT molecular complexity index is 2120. The molecule has 8 rings (SSSR count). The first-order chi connectivity index (χ1) is 23.9. The van der Waals surface area contributed by atoms with Crippen molar-refractivity contribution >= 4 is 62.8 Å². The van der Waals surface area contributed by atoms with Crippen molar-refractivity contribution in [2.24, 2.45) is 4.99 Å². The number of benzene rings is 5. The molecule has 0 unspecified atom stereocenters. The fourth-order valence-corrected chi connectivity index (χ4v) is 7.60. The second kappa shape index (κ2) is 13.4. The Kier molecular flexibility index (Phi) is 8.65. The van der Waals surface area contributed by atoms with Crippen molar-refractivity contribution in [3.8, 4) is 28.0 Å². The van der Waals surface area contributed by atoms with E-state index in [2.05, 4.69) is 70.2 Å². The molecule has 0 radical (unpaired) electrons. The molecule has 1 fully saturated rings. The zero-order chi connectivity index (χ0) is 33.5. The number of aromatic nitrogens is 1. The van der Waals surface area contributed by atoms with Crippen molar-refractivity contribution in [3.05, 3.63) is 118 Å². The Morgan fingerprint density at radius 1 is 0.755 bits per heavy atom. The largest absolute Gasteiger partial charge is 0.493 e. The Labute approximate surface area is 296 Å². The van der Waals surface area contributed by atoms with Gasteiger partial charge in [-0.1, -0.05) is 59.6 Å². The van der Waals surface area contributed by atoms with Crippen LogP contribution in [0, 0.1) is 6.92 Å². The molecule has 5 nitrogen and oxygen atoms in total. The van der Waals surface area contributed by atoms with Crippen LogP contribution in [0.15, 0.2) is 102 Å². The summed E-state index contributed by atoms with van der Waals surface area (Å²) >= 11 is 12.4. The van der Waals surface area contributed by atoms with Crippen LogP contribution in [-0.4, -0.2) is 40.8 Å². The SMILES string of the molecule is Cc1cc2c(cc1OCCCCCn1c3ccc(-c4ccc(Cl)cc4)cc3c3cc(-c4ccc(Cl)cc4)ccc31)N=C[C@@H]1CCCN1C2=O. The Morgan fingerprint density at radius 2 is 1.37 bits per heavy atom. The number of rotatable bonds is 9. The highest BCUT2D eigenvalue weighted by atomic mass is 35.5. The fourth-order valence-electron chi connectivity index (χ4n) is 7.35. The molecule has 1 saturated heterocycles. The third-order valence-corrected chi connectivity index (χ3v) is 10.5. The molecule has 0 spiro atoms. The maximum absolute atomic E-state index is 13.2. The highest BCUT2D eigenvalue weighted by molar-refractivity contribution is 6.31.